The average molecular weight is 481 g/mol. The molecule has 0 bridgehead atoms. The maximum absolute atomic E-state index is 13.5. The number of nitrogens with zero attached hydrogens (tertiary/aromatic N) is 6. The van der Waals surface area contributed by atoms with Gasteiger partial charge in [0.2, 0.25) is 0 Å². The fraction of sp³-hybridized carbons (Fsp3) is 0.333. The van der Waals surface area contributed by atoms with Crippen molar-refractivity contribution in [1.82, 2.24) is 29.6 Å². The molecule has 4 aromatic rings. The van der Waals surface area contributed by atoms with Crippen LogP contribution in [0.2, 0.25) is 0 Å². The van der Waals surface area contributed by atoms with Gasteiger partial charge in [-0.25, -0.2) is 23.1 Å². The van der Waals surface area contributed by atoms with Crippen molar-refractivity contribution in [2.75, 3.05) is 19.6 Å². The lowest BCUT2D eigenvalue weighted by molar-refractivity contribution is 0.0905. The molecule has 1 N–H and O–H groups in total. The fourth-order valence-corrected chi connectivity index (χ4v) is 4.41. The molecule has 0 spiro atoms. The molecule has 3 aromatic heterocycles. The van der Waals surface area contributed by atoms with E-state index >= 15 is 0 Å². The van der Waals surface area contributed by atoms with Gasteiger partial charge in [-0.05, 0) is 18.9 Å². The van der Waals surface area contributed by atoms with E-state index in [0.29, 0.717) is 32.5 Å². The highest BCUT2D eigenvalue weighted by molar-refractivity contribution is 5.89. The summed E-state index contributed by atoms with van der Waals surface area (Å²) >= 11 is 0. The van der Waals surface area contributed by atoms with E-state index in [9.17, 15) is 18.4 Å². The van der Waals surface area contributed by atoms with Crippen LogP contribution in [0.15, 0.2) is 43.1 Å². The number of halogens is 3. The zero-order valence-corrected chi connectivity index (χ0v) is 18.7. The molecule has 1 saturated heterocycles. The second-order valence-electron chi connectivity index (χ2n) is 8.51. The van der Waals surface area contributed by atoms with Gasteiger partial charge in [-0.3, -0.25) is 4.68 Å². The predicted octanol–water partition coefficient (Wildman–Crippen LogP) is 4.24. The number of hydrogen-bond acceptors (Lipinski definition) is 6. The number of nitrogens with one attached hydrogen (secondary N) is 1. The van der Waals surface area contributed by atoms with E-state index in [1.54, 1.807) is 10.9 Å². The number of rotatable bonds is 7. The van der Waals surface area contributed by atoms with Crippen LogP contribution < -0.4 is 4.74 Å². The topological polar surface area (TPSA) is 95.6 Å². The minimum Gasteiger partial charge on any atom is -0.490 e. The Hall–Kier alpha value is -3.91. The Balaban J connectivity index is 1.23. The average Bonchev–Trinajstić information content (AvgIpc) is 3.53. The fourth-order valence-electron chi connectivity index (χ4n) is 4.41. The van der Waals surface area contributed by atoms with Crippen molar-refractivity contribution in [3.05, 3.63) is 60.6 Å². The molecule has 0 aliphatic carbocycles. The van der Waals surface area contributed by atoms with E-state index < -0.39 is 17.5 Å². The number of ether oxygens (including phenoxy) is 1. The molecule has 1 aliphatic heterocycles. The molecule has 180 valence electrons. The summed E-state index contributed by atoms with van der Waals surface area (Å²) < 4.78 is 47.6. The van der Waals surface area contributed by atoms with Crippen LogP contribution >= 0.6 is 0 Å². The van der Waals surface area contributed by atoms with Crippen LogP contribution in [0.1, 0.15) is 25.3 Å². The highest BCUT2D eigenvalue weighted by atomic mass is 19.2. The molecule has 0 amide bonds. The lowest BCUT2D eigenvalue weighted by Gasteiger charge is -2.34. The largest absolute Gasteiger partial charge is 0.490 e. The molecule has 4 heterocycles. The first-order valence-electron chi connectivity index (χ1n) is 11.2. The van der Waals surface area contributed by atoms with Gasteiger partial charge < -0.3 is 14.6 Å². The van der Waals surface area contributed by atoms with Gasteiger partial charge in [0.05, 0.1) is 30.4 Å². The summed E-state index contributed by atoms with van der Waals surface area (Å²) in [6.07, 6.45) is 8.26. The monoisotopic (exact) mass is 481 g/mol. The SMILES string of the molecule is N#CCC(CN1CCC(Oc2cc(F)c(F)c(F)c2)CC1)n1cc(-c2ncnc3[nH]ccc23)cn1. The molecular weight excluding hydrogens is 459 g/mol. The lowest BCUT2D eigenvalue weighted by atomic mass is 10.1. The Labute approximate surface area is 199 Å². The molecule has 0 saturated carbocycles. The highest BCUT2D eigenvalue weighted by Gasteiger charge is 2.25. The van der Waals surface area contributed by atoms with Crippen LogP contribution in [0.25, 0.3) is 22.3 Å². The summed E-state index contributed by atoms with van der Waals surface area (Å²) in [6, 6.07) is 5.72. The summed E-state index contributed by atoms with van der Waals surface area (Å²) in [5.74, 6) is -4.06. The van der Waals surface area contributed by atoms with E-state index in [0.717, 1.165) is 34.4 Å². The molecular formula is C24H22F3N7O. The van der Waals surface area contributed by atoms with Gasteiger partial charge in [0, 0.05) is 55.1 Å². The van der Waals surface area contributed by atoms with Crippen molar-refractivity contribution in [2.24, 2.45) is 0 Å². The molecule has 5 rings (SSSR count). The van der Waals surface area contributed by atoms with Crippen molar-refractivity contribution < 1.29 is 17.9 Å². The molecule has 1 unspecified atom stereocenters. The number of benzene rings is 1. The standard InChI is InChI=1S/C24H22F3N7O/c25-20-9-18(10-21(26)22(20)27)35-17-3-7-33(8-4-17)13-16(1-5-28)34-12-15(11-32-34)23-19-2-6-29-24(19)31-14-30-23/h2,6,9-12,14,16-17H,1,3-4,7-8,13H2,(H,29,30,31). The number of likely N-dealkylation sites (tertiary alicyclic amines) is 1. The van der Waals surface area contributed by atoms with E-state index in [-0.39, 0.29) is 24.3 Å². The highest BCUT2D eigenvalue weighted by Crippen LogP contribution is 2.27. The zero-order chi connectivity index (χ0) is 24.4. The van der Waals surface area contributed by atoms with Crippen molar-refractivity contribution in [1.29, 1.82) is 5.26 Å². The molecule has 1 atom stereocenters. The zero-order valence-electron chi connectivity index (χ0n) is 18.7. The molecule has 1 aliphatic rings. The molecule has 1 fully saturated rings. The first-order valence-corrected chi connectivity index (χ1v) is 11.2. The van der Waals surface area contributed by atoms with E-state index in [1.165, 1.54) is 6.33 Å². The van der Waals surface area contributed by atoms with E-state index in [1.807, 2.05) is 18.5 Å². The van der Waals surface area contributed by atoms with Crippen LogP contribution in [-0.2, 0) is 0 Å². The van der Waals surface area contributed by atoms with Crippen molar-refractivity contribution in [3.63, 3.8) is 0 Å². The Morgan fingerprint density at radius 3 is 2.69 bits per heavy atom. The Bertz CT molecular complexity index is 1350. The van der Waals surface area contributed by atoms with Crippen molar-refractivity contribution in [2.45, 2.75) is 31.4 Å². The molecule has 35 heavy (non-hydrogen) atoms. The van der Waals surface area contributed by atoms with Gasteiger partial charge in [-0.2, -0.15) is 10.4 Å². The van der Waals surface area contributed by atoms with Crippen LogP contribution in [0.5, 0.6) is 5.75 Å². The third kappa shape index (κ3) is 4.83. The summed E-state index contributed by atoms with van der Waals surface area (Å²) in [7, 11) is 0. The number of hydrogen-bond donors (Lipinski definition) is 1. The summed E-state index contributed by atoms with van der Waals surface area (Å²) in [5, 5.41) is 14.8. The van der Waals surface area contributed by atoms with Crippen molar-refractivity contribution >= 4 is 11.0 Å². The number of fused-ring (bicyclic) bond motifs is 1. The molecule has 8 nitrogen and oxygen atoms in total. The first kappa shape index (κ1) is 22.9. The first-order chi connectivity index (χ1) is 17.0. The number of nitriles is 1. The van der Waals surface area contributed by atoms with Crippen LogP contribution in [0.4, 0.5) is 13.2 Å². The Morgan fingerprint density at radius 1 is 1.17 bits per heavy atom. The number of aromatic amines is 1. The van der Waals surface area contributed by atoms with Crippen LogP contribution in [-0.4, -0.2) is 55.4 Å². The molecule has 0 radical (unpaired) electrons. The van der Waals surface area contributed by atoms with Gasteiger partial charge >= 0.3 is 0 Å². The number of aromatic nitrogens is 5. The van der Waals surface area contributed by atoms with Gasteiger partial charge in [-0.1, -0.05) is 0 Å². The maximum Gasteiger partial charge on any atom is 0.194 e. The maximum atomic E-state index is 13.5. The number of H-pyrrole nitrogens is 1. The minimum atomic E-state index is -1.50. The quantitative estimate of drug-likeness (QED) is 0.397. The second kappa shape index (κ2) is 9.76. The van der Waals surface area contributed by atoms with E-state index in [2.05, 4.69) is 31.0 Å². The predicted molar refractivity (Wildman–Crippen MR) is 121 cm³/mol. The molecule has 1 aromatic carbocycles. The summed E-state index contributed by atoms with van der Waals surface area (Å²) in [4.78, 5) is 13.9. The van der Waals surface area contributed by atoms with Crippen molar-refractivity contribution in [3.8, 4) is 23.1 Å². The van der Waals surface area contributed by atoms with Gasteiger partial charge in [0.25, 0.3) is 0 Å². The van der Waals surface area contributed by atoms with Gasteiger partial charge in [0.15, 0.2) is 17.5 Å². The van der Waals surface area contributed by atoms with Gasteiger partial charge in [-0.15, -0.1) is 0 Å². The molecule has 11 heteroatoms. The van der Waals surface area contributed by atoms with Gasteiger partial charge in [0.1, 0.15) is 23.8 Å². The third-order valence-electron chi connectivity index (χ3n) is 6.19. The third-order valence-corrected chi connectivity index (χ3v) is 6.19. The van der Waals surface area contributed by atoms with Crippen LogP contribution in [0.3, 0.4) is 0 Å². The Morgan fingerprint density at radius 2 is 1.94 bits per heavy atom. The van der Waals surface area contributed by atoms with E-state index in [4.69, 9.17) is 4.74 Å². The normalized spacial score (nSPS) is 15.8. The summed E-state index contributed by atoms with van der Waals surface area (Å²) in [6.45, 7) is 1.98. The smallest absolute Gasteiger partial charge is 0.194 e. The second-order valence-corrected chi connectivity index (χ2v) is 8.51. The minimum absolute atomic E-state index is 0.0208. The Kier molecular flexibility index (Phi) is 6.37. The lowest BCUT2D eigenvalue weighted by Crippen LogP contribution is -2.41. The van der Waals surface area contributed by atoms with Crippen LogP contribution in [0, 0.1) is 28.8 Å². The summed E-state index contributed by atoms with van der Waals surface area (Å²) in [5.41, 5.74) is 2.35. The number of piperidine rings is 1.